The Morgan fingerprint density at radius 3 is 2.67 bits per heavy atom. The molecule has 1 nitrogen and oxygen atoms in total. The second-order valence-electron chi connectivity index (χ2n) is 2.31. The zero-order valence-corrected chi connectivity index (χ0v) is 8.54. The molecule has 1 rings (SSSR count). The Morgan fingerprint density at radius 1 is 1.58 bits per heavy atom. The Labute approximate surface area is 82.7 Å². The molecule has 0 atom stereocenters. The van der Waals surface area contributed by atoms with Gasteiger partial charge in [0.1, 0.15) is 5.82 Å². The number of ketones is 1. The van der Waals surface area contributed by atoms with Crippen molar-refractivity contribution >= 4 is 33.3 Å². The number of hydrogen-bond donors (Lipinski definition) is 0. The van der Waals surface area contributed by atoms with Crippen molar-refractivity contribution in [3.63, 3.8) is 0 Å². The minimum absolute atomic E-state index is 0.166. The Hall–Kier alpha value is -0.410. The predicted octanol–water partition coefficient (Wildman–Crippen LogP) is 3.44. The lowest BCUT2D eigenvalue weighted by Crippen LogP contribution is -1.95. The molecule has 0 aliphatic carbocycles. The molecule has 0 bridgehead atoms. The summed E-state index contributed by atoms with van der Waals surface area (Å²) in [4.78, 5) is 10.9. The third-order valence-corrected chi connectivity index (χ3v) is 2.40. The number of Topliss-reactive ketones (excluding diaryl/α,β-unsaturated/α-hetero) is 1. The molecule has 0 aromatic heterocycles. The smallest absolute Gasteiger partial charge is 0.161 e. The van der Waals surface area contributed by atoms with Gasteiger partial charge in [-0.2, -0.15) is 0 Å². The lowest BCUT2D eigenvalue weighted by molar-refractivity contribution is 0.101. The van der Waals surface area contributed by atoms with Crippen LogP contribution in [0.2, 0.25) is 5.02 Å². The first kappa shape index (κ1) is 9.68. The van der Waals surface area contributed by atoms with E-state index in [0.29, 0.717) is 0 Å². The first-order chi connectivity index (χ1) is 5.52. The number of carbonyl (C=O) groups excluding carboxylic acids is 1. The number of halogens is 3. The molecule has 0 saturated heterocycles. The lowest BCUT2D eigenvalue weighted by atomic mass is 10.1. The Balaban J connectivity index is 3.37. The van der Waals surface area contributed by atoms with Crippen LogP contribution in [0.5, 0.6) is 0 Å². The molecular weight excluding hydrogens is 246 g/mol. The molecule has 0 radical (unpaired) electrons. The maximum Gasteiger partial charge on any atom is 0.161 e. The summed E-state index contributed by atoms with van der Waals surface area (Å²) in [5.74, 6) is -0.740. The van der Waals surface area contributed by atoms with Crippen molar-refractivity contribution < 1.29 is 9.18 Å². The van der Waals surface area contributed by atoms with Gasteiger partial charge in [-0.1, -0.05) is 11.6 Å². The fraction of sp³-hybridized carbons (Fsp3) is 0.125. The average molecular weight is 251 g/mol. The molecule has 0 aliphatic rings. The highest BCUT2D eigenvalue weighted by Gasteiger charge is 2.10. The van der Waals surface area contributed by atoms with Crippen LogP contribution in [0, 0.1) is 5.82 Å². The van der Waals surface area contributed by atoms with E-state index in [2.05, 4.69) is 15.9 Å². The molecule has 1 aromatic rings. The van der Waals surface area contributed by atoms with Crippen LogP contribution in [-0.4, -0.2) is 5.78 Å². The summed E-state index contributed by atoms with van der Waals surface area (Å²) >= 11 is 8.51. The highest BCUT2D eigenvalue weighted by molar-refractivity contribution is 9.10. The molecule has 0 aliphatic heterocycles. The van der Waals surface area contributed by atoms with E-state index >= 15 is 0 Å². The van der Waals surface area contributed by atoms with Gasteiger partial charge in [0, 0.05) is 10.6 Å². The summed E-state index contributed by atoms with van der Waals surface area (Å²) in [5, 5.41) is 0.223. The van der Waals surface area contributed by atoms with Gasteiger partial charge in [0.15, 0.2) is 5.78 Å². The van der Waals surface area contributed by atoms with Crippen molar-refractivity contribution in [1.29, 1.82) is 0 Å². The second-order valence-corrected chi connectivity index (χ2v) is 3.53. The zero-order valence-electron chi connectivity index (χ0n) is 6.20. The number of carbonyl (C=O) groups is 1. The fourth-order valence-corrected chi connectivity index (χ4v) is 1.53. The topological polar surface area (TPSA) is 17.1 Å². The molecule has 0 amide bonds. The minimum Gasteiger partial charge on any atom is -0.294 e. The van der Waals surface area contributed by atoms with E-state index in [4.69, 9.17) is 11.6 Å². The largest absolute Gasteiger partial charge is 0.294 e. The standard InChI is InChI=1S/C8H5BrClFO/c1-4(12)6-2-5(10)3-7(11)8(6)9/h2-3H,1H3. The molecule has 1 aromatic carbocycles. The molecule has 4 heteroatoms. The Morgan fingerprint density at radius 2 is 2.17 bits per heavy atom. The monoisotopic (exact) mass is 250 g/mol. The van der Waals surface area contributed by atoms with E-state index in [1.807, 2.05) is 0 Å². The summed E-state index contributed by atoms with van der Waals surface area (Å²) < 4.78 is 13.1. The lowest BCUT2D eigenvalue weighted by Gasteiger charge is -2.01. The van der Waals surface area contributed by atoms with Gasteiger partial charge < -0.3 is 0 Å². The van der Waals surface area contributed by atoms with Gasteiger partial charge in [0.05, 0.1) is 4.47 Å². The molecule has 0 heterocycles. The van der Waals surface area contributed by atoms with Gasteiger partial charge >= 0.3 is 0 Å². The first-order valence-corrected chi connectivity index (χ1v) is 4.35. The predicted molar refractivity (Wildman–Crippen MR) is 49.1 cm³/mol. The van der Waals surface area contributed by atoms with Crippen LogP contribution in [0.1, 0.15) is 17.3 Å². The normalized spacial score (nSPS) is 10.0. The van der Waals surface area contributed by atoms with Crippen LogP contribution in [0.4, 0.5) is 4.39 Å². The highest BCUT2D eigenvalue weighted by atomic mass is 79.9. The third-order valence-electron chi connectivity index (χ3n) is 1.37. The summed E-state index contributed by atoms with van der Waals surface area (Å²) in [6.45, 7) is 1.36. The van der Waals surface area contributed by atoms with E-state index in [1.54, 1.807) is 0 Å². The SMILES string of the molecule is CC(=O)c1cc(Cl)cc(F)c1Br. The molecule has 12 heavy (non-hydrogen) atoms. The van der Waals surface area contributed by atoms with Crippen LogP contribution >= 0.6 is 27.5 Å². The molecule has 0 saturated carbocycles. The van der Waals surface area contributed by atoms with Crippen LogP contribution in [0.3, 0.4) is 0 Å². The van der Waals surface area contributed by atoms with Crippen molar-refractivity contribution in [2.45, 2.75) is 6.92 Å². The number of rotatable bonds is 1. The second kappa shape index (κ2) is 3.54. The molecule has 0 spiro atoms. The van der Waals surface area contributed by atoms with Gasteiger partial charge in [-0.05, 0) is 35.0 Å². The minimum atomic E-state index is -0.521. The van der Waals surface area contributed by atoms with Crippen molar-refractivity contribution in [3.8, 4) is 0 Å². The zero-order chi connectivity index (χ0) is 9.30. The van der Waals surface area contributed by atoms with E-state index < -0.39 is 5.82 Å². The van der Waals surface area contributed by atoms with Gasteiger partial charge in [-0.15, -0.1) is 0 Å². The van der Waals surface area contributed by atoms with E-state index in [9.17, 15) is 9.18 Å². The summed E-state index contributed by atoms with van der Waals surface area (Å²) in [5.41, 5.74) is 0.264. The van der Waals surface area contributed by atoms with Crippen LogP contribution < -0.4 is 0 Å². The highest BCUT2D eigenvalue weighted by Crippen LogP contribution is 2.25. The molecule has 0 unspecified atom stereocenters. The van der Waals surface area contributed by atoms with Crippen LogP contribution in [-0.2, 0) is 0 Å². The van der Waals surface area contributed by atoms with Crippen molar-refractivity contribution in [3.05, 3.63) is 33.0 Å². The summed E-state index contributed by atoms with van der Waals surface area (Å²) in [7, 11) is 0. The number of hydrogen-bond acceptors (Lipinski definition) is 1. The van der Waals surface area contributed by atoms with Crippen molar-refractivity contribution in [2.75, 3.05) is 0 Å². The van der Waals surface area contributed by atoms with Crippen molar-refractivity contribution in [1.82, 2.24) is 0 Å². The van der Waals surface area contributed by atoms with Crippen LogP contribution in [0.15, 0.2) is 16.6 Å². The number of benzene rings is 1. The van der Waals surface area contributed by atoms with Crippen LogP contribution in [0.25, 0.3) is 0 Å². The molecule has 0 fully saturated rings. The molecule has 64 valence electrons. The Bertz CT molecular complexity index is 338. The van der Waals surface area contributed by atoms with E-state index in [1.165, 1.54) is 13.0 Å². The van der Waals surface area contributed by atoms with Gasteiger partial charge in [0.2, 0.25) is 0 Å². The molecule has 0 N–H and O–H groups in total. The maximum absolute atomic E-state index is 12.9. The van der Waals surface area contributed by atoms with Gasteiger partial charge in [-0.3, -0.25) is 4.79 Å². The fourth-order valence-electron chi connectivity index (χ4n) is 0.812. The maximum atomic E-state index is 12.9. The molecular formula is C8H5BrClFO. The average Bonchev–Trinajstić information content (AvgIpc) is 1.96. The first-order valence-electron chi connectivity index (χ1n) is 3.18. The van der Waals surface area contributed by atoms with Crippen molar-refractivity contribution in [2.24, 2.45) is 0 Å². The quantitative estimate of drug-likeness (QED) is 0.552. The third kappa shape index (κ3) is 1.84. The van der Waals surface area contributed by atoms with E-state index in [-0.39, 0.29) is 20.8 Å². The summed E-state index contributed by atoms with van der Waals surface area (Å²) in [6, 6.07) is 2.58. The van der Waals surface area contributed by atoms with E-state index in [0.717, 1.165) is 6.07 Å². The summed E-state index contributed by atoms with van der Waals surface area (Å²) in [6.07, 6.45) is 0. The van der Waals surface area contributed by atoms with Gasteiger partial charge in [-0.25, -0.2) is 4.39 Å². The Kier molecular flexibility index (Phi) is 2.85. The van der Waals surface area contributed by atoms with Gasteiger partial charge in [0.25, 0.3) is 0 Å².